The normalized spacial score (nSPS) is 15.8. The van der Waals surface area contributed by atoms with Crippen molar-refractivity contribution in [3.05, 3.63) is 48.3 Å². The number of carbonyl (C=O) groups excluding carboxylic acids is 1. The van der Waals surface area contributed by atoms with Crippen LogP contribution in [0.5, 0.6) is 11.5 Å². The summed E-state index contributed by atoms with van der Waals surface area (Å²) in [4.78, 5) is 23.8. The predicted octanol–water partition coefficient (Wildman–Crippen LogP) is 4.46. The lowest BCUT2D eigenvalue weighted by atomic mass is 10.1. The summed E-state index contributed by atoms with van der Waals surface area (Å²) in [5.74, 6) is 1.08. The molecule has 0 saturated carbocycles. The van der Waals surface area contributed by atoms with Gasteiger partial charge in [-0.3, -0.25) is 14.2 Å². The van der Waals surface area contributed by atoms with E-state index in [9.17, 15) is 13.2 Å². The van der Waals surface area contributed by atoms with Gasteiger partial charge in [-0.15, -0.1) is 0 Å². The molecule has 1 N–H and O–H groups in total. The number of hydrogen-bond donors (Lipinski definition) is 1. The van der Waals surface area contributed by atoms with Crippen LogP contribution in [-0.4, -0.2) is 107 Å². The van der Waals surface area contributed by atoms with Gasteiger partial charge in [0.25, 0.3) is 10.1 Å². The van der Waals surface area contributed by atoms with Crippen molar-refractivity contribution in [1.29, 1.82) is 0 Å². The van der Waals surface area contributed by atoms with Gasteiger partial charge in [-0.05, 0) is 52.8 Å². The summed E-state index contributed by atoms with van der Waals surface area (Å²) < 4.78 is 52.9. The van der Waals surface area contributed by atoms with Gasteiger partial charge >= 0.3 is 6.09 Å². The Kier molecular flexibility index (Phi) is 11.4. The van der Waals surface area contributed by atoms with Crippen molar-refractivity contribution in [2.75, 3.05) is 58.7 Å². The first-order valence-electron chi connectivity index (χ1n) is 15.4. The average molecular weight is 687 g/mol. The highest BCUT2D eigenvalue weighted by Gasteiger charge is 2.28. The van der Waals surface area contributed by atoms with Crippen LogP contribution in [0.15, 0.2) is 47.7 Å². The first-order chi connectivity index (χ1) is 22.4. The van der Waals surface area contributed by atoms with E-state index in [2.05, 4.69) is 15.4 Å². The molecule has 1 aliphatic heterocycles. The van der Waals surface area contributed by atoms with E-state index in [4.69, 9.17) is 28.1 Å². The van der Waals surface area contributed by atoms with Gasteiger partial charge < -0.3 is 29.2 Å². The number of amides is 1. The molecular weight excluding hydrogens is 640 g/mol. The zero-order chi connectivity index (χ0) is 35.3. The van der Waals surface area contributed by atoms with Crippen LogP contribution in [-0.2, 0) is 23.8 Å². The molecule has 2 unspecified atom stereocenters. The van der Waals surface area contributed by atoms with Gasteiger partial charge in [-0.1, -0.05) is 0 Å². The molecule has 262 valence electrons. The number of nitrogens with zero attached hydrogens (tertiary/aromatic N) is 5. The van der Waals surface area contributed by atoms with Crippen LogP contribution in [0.4, 0.5) is 16.2 Å². The van der Waals surface area contributed by atoms with E-state index in [-0.39, 0.29) is 25.7 Å². The van der Waals surface area contributed by atoms with E-state index in [1.807, 2.05) is 53.5 Å². The molecule has 0 aliphatic carbocycles. The number of methoxy groups -OCH3 is 2. The number of hydrogen-bond acceptors (Lipinski definition) is 13. The van der Waals surface area contributed by atoms with Gasteiger partial charge in [0.1, 0.15) is 23.2 Å². The van der Waals surface area contributed by atoms with Gasteiger partial charge in [-0.2, -0.15) is 13.5 Å². The second-order valence-electron chi connectivity index (χ2n) is 13.3. The van der Waals surface area contributed by atoms with E-state index < -0.39 is 33.5 Å². The topological polar surface area (TPSA) is 154 Å². The molecule has 1 amide bonds. The number of ether oxygens (including phenoxy) is 4. The summed E-state index contributed by atoms with van der Waals surface area (Å²) in [6.45, 7) is 9.56. The lowest BCUT2D eigenvalue weighted by molar-refractivity contribution is 0.0176. The fourth-order valence-corrected chi connectivity index (χ4v) is 5.65. The Morgan fingerprint density at radius 2 is 1.73 bits per heavy atom. The molecule has 15 heteroatoms. The number of aromatic nitrogens is 2. The third-order valence-electron chi connectivity index (χ3n) is 7.09. The highest BCUT2D eigenvalue weighted by Crippen LogP contribution is 2.35. The van der Waals surface area contributed by atoms with Crippen LogP contribution in [0.1, 0.15) is 46.2 Å². The quantitative estimate of drug-likeness (QED) is 0.238. The minimum absolute atomic E-state index is 0.00746. The summed E-state index contributed by atoms with van der Waals surface area (Å²) in [7, 11) is 1.10. The standard InChI is InChI=1S/C33H46N6O8S/c1-32(2,3)46-31(40)37-33(4,5)21-45-20-27(47-48(9,41)42)19-39(24-12-25(43-7)15-26(13-24)44-8)23-10-11-28-29(14-23)36-30(17-34-28)22-16-35-38(6)18-22/h10-17,22,27H,18-21H2,1-9H3,(H,37,40). The molecule has 14 nitrogen and oxygen atoms in total. The molecular formula is C33H46N6O8S. The zero-order valence-corrected chi connectivity index (χ0v) is 29.8. The fourth-order valence-electron chi connectivity index (χ4n) is 5.04. The predicted molar refractivity (Wildman–Crippen MR) is 184 cm³/mol. The Balaban J connectivity index is 1.66. The van der Waals surface area contributed by atoms with Crippen LogP contribution in [0.3, 0.4) is 0 Å². The maximum atomic E-state index is 12.5. The smallest absolute Gasteiger partial charge is 0.408 e. The van der Waals surface area contributed by atoms with Crippen molar-refractivity contribution in [2.24, 2.45) is 5.10 Å². The third kappa shape index (κ3) is 10.7. The van der Waals surface area contributed by atoms with Crippen LogP contribution in [0.25, 0.3) is 11.0 Å². The highest BCUT2D eigenvalue weighted by atomic mass is 32.2. The van der Waals surface area contributed by atoms with Gasteiger partial charge in [0, 0.05) is 55.6 Å². The minimum Gasteiger partial charge on any atom is -0.497 e. The second-order valence-corrected chi connectivity index (χ2v) is 14.9. The molecule has 0 radical (unpaired) electrons. The Hall–Kier alpha value is -4.21. The Morgan fingerprint density at radius 3 is 2.31 bits per heavy atom. The number of hydrazone groups is 1. The number of likely N-dealkylation sites (N-methyl/N-ethyl adjacent to an activating group) is 1. The SMILES string of the molecule is COc1cc(OC)cc(N(CC(COCC(C)(C)NC(=O)OC(C)(C)C)OS(C)(=O)=O)c2ccc3ncc(C4C=NN(C)C4)nc3c2)c1. The van der Waals surface area contributed by atoms with E-state index in [0.717, 1.165) is 11.9 Å². The van der Waals surface area contributed by atoms with Gasteiger partial charge in [0.05, 0.1) is 68.4 Å². The van der Waals surface area contributed by atoms with E-state index in [1.165, 1.54) is 0 Å². The monoisotopic (exact) mass is 686 g/mol. The van der Waals surface area contributed by atoms with Crippen LogP contribution in [0, 0.1) is 0 Å². The first kappa shape index (κ1) is 36.6. The molecule has 4 rings (SSSR count). The number of benzene rings is 2. The van der Waals surface area contributed by atoms with Crippen molar-refractivity contribution in [2.45, 2.75) is 57.8 Å². The van der Waals surface area contributed by atoms with Gasteiger partial charge in [0.2, 0.25) is 0 Å². The number of anilines is 2. The van der Waals surface area contributed by atoms with E-state index in [0.29, 0.717) is 40.5 Å². The number of fused-ring (bicyclic) bond motifs is 1. The number of alkyl carbamates (subject to hydrolysis) is 1. The lowest BCUT2D eigenvalue weighted by Crippen LogP contribution is -2.49. The van der Waals surface area contributed by atoms with Crippen molar-refractivity contribution < 1.29 is 36.3 Å². The molecule has 48 heavy (non-hydrogen) atoms. The minimum atomic E-state index is -3.90. The summed E-state index contributed by atoms with van der Waals surface area (Å²) in [6.07, 6.45) is 3.05. The number of rotatable bonds is 14. The molecule has 1 aromatic heterocycles. The zero-order valence-electron chi connectivity index (χ0n) is 29.0. The summed E-state index contributed by atoms with van der Waals surface area (Å²) >= 11 is 0. The maximum Gasteiger partial charge on any atom is 0.408 e. The Bertz CT molecular complexity index is 1700. The molecule has 1 aliphatic rings. The van der Waals surface area contributed by atoms with Crippen LogP contribution < -0.4 is 19.7 Å². The van der Waals surface area contributed by atoms with E-state index >= 15 is 0 Å². The van der Waals surface area contributed by atoms with Gasteiger partial charge in [-0.25, -0.2) is 9.78 Å². The molecule has 2 aromatic carbocycles. The van der Waals surface area contributed by atoms with Crippen molar-refractivity contribution in [1.82, 2.24) is 20.3 Å². The maximum absolute atomic E-state index is 12.5. The highest BCUT2D eigenvalue weighted by molar-refractivity contribution is 7.86. The molecule has 0 saturated heterocycles. The Morgan fingerprint density at radius 1 is 1.04 bits per heavy atom. The fraction of sp³-hybridized carbons (Fsp3) is 0.515. The first-order valence-corrected chi connectivity index (χ1v) is 17.2. The summed E-state index contributed by atoms with van der Waals surface area (Å²) in [5.41, 5.74) is 1.98. The van der Waals surface area contributed by atoms with Crippen LogP contribution >= 0.6 is 0 Å². The molecule has 0 spiro atoms. The van der Waals surface area contributed by atoms with E-state index in [1.54, 1.807) is 61.1 Å². The lowest BCUT2D eigenvalue weighted by Gasteiger charge is -2.31. The molecule has 0 bridgehead atoms. The molecule has 0 fully saturated rings. The number of nitrogens with one attached hydrogen (secondary N) is 1. The van der Waals surface area contributed by atoms with Crippen LogP contribution in [0.2, 0.25) is 0 Å². The average Bonchev–Trinajstić information content (AvgIpc) is 3.42. The Labute approximate surface area is 282 Å². The third-order valence-corrected chi connectivity index (χ3v) is 7.71. The molecule has 3 aromatic rings. The van der Waals surface area contributed by atoms with Crippen molar-refractivity contribution in [3.63, 3.8) is 0 Å². The molecule has 2 heterocycles. The largest absolute Gasteiger partial charge is 0.497 e. The summed E-state index contributed by atoms with van der Waals surface area (Å²) in [5, 5.41) is 8.97. The van der Waals surface area contributed by atoms with Gasteiger partial charge in [0.15, 0.2) is 0 Å². The van der Waals surface area contributed by atoms with Crippen molar-refractivity contribution >= 4 is 44.8 Å². The number of carbonyl (C=O) groups is 1. The molecule has 2 atom stereocenters. The van der Waals surface area contributed by atoms with Crippen molar-refractivity contribution in [3.8, 4) is 11.5 Å². The second kappa shape index (κ2) is 14.9. The summed E-state index contributed by atoms with van der Waals surface area (Å²) in [6, 6.07) is 11.0.